The molecule has 0 spiro atoms. The molecule has 86 valence electrons. The van der Waals surface area contributed by atoms with Crippen LogP contribution in [0.5, 0.6) is 0 Å². The maximum absolute atomic E-state index is 5.74. The van der Waals surface area contributed by atoms with Gasteiger partial charge in [-0.15, -0.1) is 0 Å². The smallest absolute Gasteiger partial charge is 0.0298 e. The number of hydrogen-bond acceptors (Lipinski definition) is 2. The van der Waals surface area contributed by atoms with Crippen LogP contribution in [0.2, 0.25) is 0 Å². The Bertz CT molecular complexity index is 231. The van der Waals surface area contributed by atoms with E-state index in [0.717, 1.165) is 29.6 Å². The fourth-order valence-electron chi connectivity index (χ4n) is 5.20. The van der Waals surface area contributed by atoms with Crippen molar-refractivity contribution in [2.24, 2.45) is 35.4 Å². The van der Waals surface area contributed by atoms with Crippen molar-refractivity contribution < 1.29 is 0 Å². The van der Waals surface area contributed by atoms with Gasteiger partial charge in [0, 0.05) is 5.54 Å². The lowest BCUT2D eigenvalue weighted by Crippen LogP contribution is -2.59. The third kappa shape index (κ3) is 1.45. The van der Waals surface area contributed by atoms with E-state index in [-0.39, 0.29) is 5.54 Å². The summed E-state index contributed by atoms with van der Waals surface area (Å²) in [5, 5.41) is 0. The zero-order valence-electron chi connectivity index (χ0n) is 10.00. The highest BCUT2D eigenvalue weighted by molar-refractivity contribution is 5.04. The van der Waals surface area contributed by atoms with Gasteiger partial charge in [0.25, 0.3) is 0 Å². The molecule has 15 heavy (non-hydrogen) atoms. The summed E-state index contributed by atoms with van der Waals surface area (Å²) >= 11 is 0. The highest BCUT2D eigenvalue weighted by atomic mass is 15.3. The van der Waals surface area contributed by atoms with E-state index in [4.69, 9.17) is 5.84 Å². The van der Waals surface area contributed by atoms with E-state index in [1.807, 2.05) is 0 Å². The summed E-state index contributed by atoms with van der Waals surface area (Å²) in [6.45, 7) is 4.58. The van der Waals surface area contributed by atoms with Gasteiger partial charge in [0.2, 0.25) is 0 Å². The summed E-state index contributed by atoms with van der Waals surface area (Å²) in [6, 6.07) is 0. The molecule has 0 aromatic carbocycles. The molecule has 3 N–H and O–H groups in total. The first-order valence-corrected chi connectivity index (χ1v) is 6.58. The summed E-state index contributed by atoms with van der Waals surface area (Å²) in [5.74, 6) is 10.6. The second kappa shape index (κ2) is 3.21. The monoisotopic (exact) mass is 208 g/mol. The average molecular weight is 208 g/mol. The second-order valence-electron chi connectivity index (χ2n) is 6.82. The van der Waals surface area contributed by atoms with E-state index in [0.29, 0.717) is 0 Å². The molecule has 0 aliphatic heterocycles. The molecule has 0 atom stereocenters. The lowest BCUT2D eigenvalue weighted by atomic mass is 9.49. The van der Waals surface area contributed by atoms with E-state index in [9.17, 15) is 0 Å². The van der Waals surface area contributed by atoms with Crippen molar-refractivity contribution in [2.75, 3.05) is 0 Å². The Labute approximate surface area is 93.0 Å². The summed E-state index contributed by atoms with van der Waals surface area (Å²) < 4.78 is 0. The fraction of sp³-hybridized carbons (Fsp3) is 1.00. The van der Waals surface area contributed by atoms with Crippen LogP contribution in [0.1, 0.15) is 46.0 Å². The topological polar surface area (TPSA) is 38.0 Å². The lowest BCUT2D eigenvalue weighted by Gasteiger charge is -2.58. The number of nitrogens with two attached hydrogens (primary N) is 1. The third-order valence-corrected chi connectivity index (χ3v) is 5.43. The minimum Gasteiger partial charge on any atom is -0.271 e. The Morgan fingerprint density at radius 2 is 1.40 bits per heavy atom. The molecule has 0 aromatic heterocycles. The molecule has 0 saturated heterocycles. The SMILES string of the molecule is CC(C)(NN)C1C2CC3CC(C2)CC1C3. The van der Waals surface area contributed by atoms with Gasteiger partial charge in [-0.1, -0.05) is 0 Å². The predicted molar refractivity (Wildman–Crippen MR) is 61.9 cm³/mol. The van der Waals surface area contributed by atoms with Crippen LogP contribution >= 0.6 is 0 Å². The Morgan fingerprint density at radius 3 is 1.80 bits per heavy atom. The van der Waals surface area contributed by atoms with E-state index in [1.165, 1.54) is 32.1 Å². The Hall–Kier alpha value is -0.0800. The second-order valence-corrected chi connectivity index (χ2v) is 6.82. The van der Waals surface area contributed by atoms with Crippen LogP contribution in [0.4, 0.5) is 0 Å². The van der Waals surface area contributed by atoms with Gasteiger partial charge >= 0.3 is 0 Å². The number of hydrazine groups is 1. The van der Waals surface area contributed by atoms with Gasteiger partial charge in [-0.05, 0) is 75.5 Å². The zero-order chi connectivity index (χ0) is 10.6. The van der Waals surface area contributed by atoms with E-state index in [2.05, 4.69) is 19.3 Å². The average Bonchev–Trinajstić information content (AvgIpc) is 2.15. The van der Waals surface area contributed by atoms with Gasteiger partial charge in [-0.2, -0.15) is 0 Å². The molecule has 0 amide bonds. The van der Waals surface area contributed by atoms with Crippen molar-refractivity contribution in [3.05, 3.63) is 0 Å². The molecule has 4 rings (SSSR count). The van der Waals surface area contributed by atoms with Gasteiger partial charge in [0.15, 0.2) is 0 Å². The van der Waals surface area contributed by atoms with Crippen molar-refractivity contribution in [3.8, 4) is 0 Å². The van der Waals surface area contributed by atoms with Crippen LogP contribution < -0.4 is 11.3 Å². The standard InChI is InChI=1S/C13H24N2/c1-13(2,15-14)12-10-4-8-3-9(6-10)7-11(12)5-8/h8-12,15H,3-7,14H2,1-2H3. The molecule has 4 saturated carbocycles. The number of rotatable bonds is 2. The number of hydrogen-bond donors (Lipinski definition) is 2. The van der Waals surface area contributed by atoms with E-state index >= 15 is 0 Å². The summed E-state index contributed by atoms with van der Waals surface area (Å²) in [4.78, 5) is 0. The molecule has 0 radical (unpaired) electrons. The molecule has 2 nitrogen and oxygen atoms in total. The largest absolute Gasteiger partial charge is 0.271 e. The molecule has 4 fully saturated rings. The van der Waals surface area contributed by atoms with Gasteiger partial charge in [-0.3, -0.25) is 11.3 Å². The molecule has 0 aromatic rings. The van der Waals surface area contributed by atoms with Crippen LogP contribution in [-0.2, 0) is 0 Å². The highest BCUT2D eigenvalue weighted by Crippen LogP contribution is 2.58. The van der Waals surface area contributed by atoms with Crippen LogP contribution in [0.3, 0.4) is 0 Å². The fourth-order valence-corrected chi connectivity index (χ4v) is 5.20. The molecule has 0 unspecified atom stereocenters. The van der Waals surface area contributed by atoms with Gasteiger partial charge in [-0.25, -0.2) is 0 Å². The zero-order valence-corrected chi connectivity index (χ0v) is 10.00. The number of nitrogens with one attached hydrogen (secondary N) is 1. The van der Waals surface area contributed by atoms with Crippen molar-refractivity contribution in [2.45, 2.75) is 51.5 Å². The predicted octanol–water partition coefficient (Wildman–Crippen LogP) is 2.30. The molecule has 4 aliphatic carbocycles. The Balaban J connectivity index is 1.86. The summed E-state index contributed by atoms with van der Waals surface area (Å²) in [7, 11) is 0. The molecule has 4 aliphatic rings. The van der Waals surface area contributed by atoms with Crippen LogP contribution in [-0.4, -0.2) is 5.54 Å². The van der Waals surface area contributed by atoms with E-state index < -0.39 is 0 Å². The molecule has 2 heteroatoms. The molecular weight excluding hydrogens is 184 g/mol. The molecule has 4 bridgehead atoms. The Morgan fingerprint density at radius 1 is 0.933 bits per heavy atom. The quantitative estimate of drug-likeness (QED) is 0.540. The molecular formula is C13H24N2. The van der Waals surface area contributed by atoms with Crippen LogP contribution in [0, 0.1) is 29.6 Å². The normalized spacial score (nSPS) is 48.6. The first-order valence-electron chi connectivity index (χ1n) is 6.58. The Kier molecular flexibility index (Phi) is 2.16. The third-order valence-electron chi connectivity index (χ3n) is 5.43. The van der Waals surface area contributed by atoms with Crippen molar-refractivity contribution in [3.63, 3.8) is 0 Å². The minimum absolute atomic E-state index is 0.141. The van der Waals surface area contributed by atoms with Crippen LogP contribution in [0.25, 0.3) is 0 Å². The lowest BCUT2D eigenvalue weighted by molar-refractivity contribution is -0.0704. The maximum atomic E-state index is 5.74. The summed E-state index contributed by atoms with van der Waals surface area (Å²) in [5.41, 5.74) is 3.21. The molecule has 0 heterocycles. The van der Waals surface area contributed by atoms with Crippen molar-refractivity contribution >= 4 is 0 Å². The van der Waals surface area contributed by atoms with Gasteiger partial charge in [0.1, 0.15) is 0 Å². The maximum Gasteiger partial charge on any atom is 0.0298 e. The highest BCUT2D eigenvalue weighted by Gasteiger charge is 2.52. The van der Waals surface area contributed by atoms with Crippen molar-refractivity contribution in [1.82, 2.24) is 5.43 Å². The van der Waals surface area contributed by atoms with E-state index in [1.54, 1.807) is 0 Å². The first kappa shape index (κ1) is 10.1. The minimum atomic E-state index is 0.141. The van der Waals surface area contributed by atoms with Crippen molar-refractivity contribution in [1.29, 1.82) is 0 Å². The van der Waals surface area contributed by atoms with Crippen LogP contribution in [0.15, 0.2) is 0 Å². The first-order chi connectivity index (χ1) is 7.10. The van der Waals surface area contributed by atoms with Gasteiger partial charge in [0.05, 0.1) is 0 Å². The summed E-state index contributed by atoms with van der Waals surface area (Å²) in [6.07, 6.45) is 7.49. The van der Waals surface area contributed by atoms with Gasteiger partial charge < -0.3 is 0 Å².